The van der Waals surface area contributed by atoms with E-state index in [4.69, 9.17) is 4.74 Å². The molecule has 1 spiro atoms. The summed E-state index contributed by atoms with van der Waals surface area (Å²) < 4.78 is 5.73. The molecule has 2 fully saturated rings. The Balaban J connectivity index is 1.49. The Kier molecular flexibility index (Phi) is 4.69. The predicted molar refractivity (Wildman–Crippen MR) is 113 cm³/mol. The van der Waals surface area contributed by atoms with Gasteiger partial charge in [-0.2, -0.15) is 16.8 Å². The Hall–Kier alpha value is -2.22. The van der Waals surface area contributed by atoms with Crippen molar-refractivity contribution in [2.24, 2.45) is 0 Å². The van der Waals surface area contributed by atoms with Crippen molar-refractivity contribution in [1.82, 2.24) is 9.96 Å². The number of amides is 1. The summed E-state index contributed by atoms with van der Waals surface area (Å²) in [4.78, 5) is 15.1. The molecule has 2 N–H and O–H groups in total. The van der Waals surface area contributed by atoms with Gasteiger partial charge in [-0.25, -0.2) is 4.79 Å². The number of nitrogens with zero attached hydrogens (tertiary/aromatic N) is 2. The zero-order valence-corrected chi connectivity index (χ0v) is 17.1. The number of carbonyl (C=O) groups is 1. The third-order valence-electron chi connectivity index (χ3n) is 6.57. The van der Waals surface area contributed by atoms with Crippen molar-refractivity contribution in [2.75, 3.05) is 23.9 Å². The monoisotopic (exact) mass is 411 g/mol. The van der Waals surface area contributed by atoms with Gasteiger partial charge in [-0.1, -0.05) is 48.5 Å². The molecule has 0 aromatic heterocycles. The molecule has 0 saturated carbocycles. The number of para-hydroxylation sites is 1. The van der Waals surface area contributed by atoms with Gasteiger partial charge in [-0.3, -0.25) is 4.90 Å². The number of hydrogen-bond donors (Lipinski definition) is 2. The van der Waals surface area contributed by atoms with Crippen molar-refractivity contribution in [2.45, 2.75) is 36.7 Å². The second kappa shape index (κ2) is 7.23. The number of hydroxylamine groups is 2. The molecule has 1 amide bonds. The lowest BCUT2D eigenvalue weighted by Gasteiger charge is -2.32. The first-order chi connectivity index (χ1) is 14.2. The maximum atomic E-state index is 13.3. The number of likely N-dealkylation sites (tertiary alicyclic amines) is 1. The quantitative estimate of drug-likeness (QED) is 0.803. The number of nitrogens with one attached hydrogen (secondary N) is 1. The van der Waals surface area contributed by atoms with Crippen LogP contribution in [0.3, 0.4) is 0 Å². The van der Waals surface area contributed by atoms with Gasteiger partial charge in [0.2, 0.25) is 0 Å². The van der Waals surface area contributed by atoms with Crippen molar-refractivity contribution in [3.8, 4) is 0 Å². The Morgan fingerprint density at radius 2 is 2.00 bits per heavy atom. The van der Waals surface area contributed by atoms with Crippen LogP contribution in [0.2, 0.25) is 0 Å². The van der Waals surface area contributed by atoms with Gasteiger partial charge in [0.05, 0.1) is 17.5 Å². The second-order valence-corrected chi connectivity index (χ2v) is 8.87. The van der Waals surface area contributed by atoms with Crippen LogP contribution in [-0.4, -0.2) is 58.1 Å². The van der Waals surface area contributed by atoms with Crippen LogP contribution in [0.4, 0.5) is 10.5 Å². The highest BCUT2D eigenvalue weighted by molar-refractivity contribution is 7.98. The molecular weight excluding hydrogens is 386 g/mol. The summed E-state index contributed by atoms with van der Waals surface area (Å²) in [6.45, 7) is 0.845. The number of benzene rings is 2. The zero-order chi connectivity index (χ0) is 20.0. The number of carbonyl (C=O) groups excluding carboxylic acids is 1. The standard InChI is InChI=1S/C22H25N3O3S/c1-29-14-18-19-22(11-12-24(19)27)16-9-5-6-10-17(16)23-20(22)25(18)21(26)28-13-15-7-3-2-4-8-15/h2-10,18-20,23,27H,11-14H2,1H3/t18-,19-,20-,22?/m0/s1. The first-order valence-electron chi connectivity index (χ1n) is 9.96. The molecule has 29 heavy (non-hydrogen) atoms. The summed E-state index contributed by atoms with van der Waals surface area (Å²) in [6, 6.07) is 17.7. The molecule has 0 bridgehead atoms. The minimum atomic E-state index is -0.333. The highest BCUT2D eigenvalue weighted by atomic mass is 32.2. The first-order valence-corrected chi connectivity index (χ1v) is 11.4. The third kappa shape index (κ3) is 2.75. The average molecular weight is 412 g/mol. The van der Waals surface area contributed by atoms with Crippen LogP contribution < -0.4 is 5.32 Å². The third-order valence-corrected chi connectivity index (χ3v) is 7.24. The lowest BCUT2D eigenvalue weighted by molar-refractivity contribution is -0.114. The average Bonchev–Trinajstić information content (AvgIpc) is 3.34. The largest absolute Gasteiger partial charge is 0.444 e. The smallest absolute Gasteiger partial charge is 0.412 e. The fraction of sp³-hybridized carbons (Fsp3) is 0.409. The van der Waals surface area contributed by atoms with E-state index < -0.39 is 0 Å². The molecule has 3 heterocycles. The van der Waals surface area contributed by atoms with Crippen LogP contribution in [0, 0.1) is 0 Å². The Morgan fingerprint density at radius 1 is 1.24 bits per heavy atom. The van der Waals surface area contributed by atoms with Crippen molar-refractivity contribution in [3.63, 3.8) is 0 Å². The van der Waals surface area contributed by atoms with E-state index in [-0.39, 0.29) is 36.4 Å². The molecule has 7 heteroatoms. The SMILES string of the molecule is CSC[C@H]1[C@@H]2N(O)CCC23c2ccccc2N[C@H]3N1C(=O)OCc1ccccc1. The molecule has 2 aromatic carbocycles. The van der Waals surface area contributed by atoms with Gasteiger partial charge in [0.1, 0.15) is 12.8 Å². The van der Waals surface area contributed by atoms with E-state index in [2.05, 4.69) is 17.4 Å². The summed E-state index contributed by atoms with van der Waals surface area (Å²) in [5, 5.41) is 15.8. The second-order valence-electron chi connectivity index (χ2n) is 7.96. The van der Waals surface area contributed by atoms with E-state index in [0.717, 1.165) is 23.4 Å². The zero-order valence-electron chi connectivity index (χ0n) is 16.3. The number of ether oxygens (including phenoxy) is 1. The van der Waals surface area contributed by atoms with Crippen molar-refractivity contribution in [3.05, 3.63) is 65.7 Å². The maximum absolute atomic E-state index is 13.3. The Labute approximate surface area is 174 Å². The normalized spacial score (nSPS) is 29.9. The predicted octanol–water partition coefficient (Wildman–Crippen LogP) is 3.52. The van der Waals surface area contributed by atoms with E-state index in [9.17, 15) is 10.0 Å². The topological polar surface area (TPSA) is 65.0 Å². The lowest BCUT2D eigenvalue weighted by Crippen LogP contribution is -2.50. The molecule has 3 aliphatic rings. The molecular formula is C22H25N3O3S. The van der Waals surface area contributed by atoms with Gasteiger partial charge in [-0.05, 0) is 29.9 Å². The molecule has 2 saturated heterocycles. The minimum Gasteiger partial charge on any atom is -0.444 e. The molecule has 6 nitrogen and oxygen atoms in total. The molecule has 5 rings (SSSR count). The van der Waals surface area contributed by atoms with E-state index in [0.29, 0.717) is 6.54 Å². The minimum absolute atomic E-state index is 0.133. The molecule has 4 atom stereocenters. The number of thioether (sulfide) groups is 1. The summed E-state index contributed by atoms with van der Waals surface area (Å²) >= 11 is 1.69. The van der Waals surface area contributed by atoms with E-state index in [1.807, 2.05) is 53.6 Å². The number of fused-ring (bicyclic) bond motifs is 1. The molecule has 0 radical (unpaired) electrons. The van der Waals surface area contributed by atoms with Gasteiger partial charge in [0.15, 0.2) is 0 Å². The van der Waals surface area contributed by atoms with Crippen LogP contribution in [-0.2, 0) is 16.8 Å². The summed E-state index contributed by atoms with van der Waals surface area (Å²) in [5.41, 5.74) is 2.87. The summed E-state index contributed by atoms with van der Waals surface area (Å²) in [6.07, 6.45) is 2.28. The van der Waals surface area contributed by atoms with E-state index in [1.165, 1.54) is 10.6 Å². The van der Waals surface area contributed by atoms with Crippen molar-refractivity contribution >= 4 is 23.5 Å². The van der Waals surface area contributed by atoms with Crippen molar-refractivity contribution in [1.29, 1.82) is 0 Å². The van der Waals surface area contributed by atoms with Crippen molar-refractivity contribution < 1.29 is 14.7 Å². The van der Waals surface area contributed by atoms with Crippen LogP contribution in [0.15, 0.2) is 54.6 Å². The van der Waals surface area contributed by atoms with Gasteiger partial charge in [0, 0.05) is 18.0 Å². The highest BCUT2D eigenvalue weighted by Gasteiger charge is 2.69. The van der Waals surface area contributed by atoms with Crippen LogP contribution >= 0.6 is 11.8 Å². The van der Waals surface area contributed by atoms with Crippen LogP contribution in [0.1, 0.15) is 17.5 Å². The molecule has 152 valence electrons. The van der Waals surface area contributed by atoms with Crippen LogP contribution in [0.25, 0.3) is 0 Å². The summed E-state index contributed by atoms with van der Waals surface area (Å²) in [5.74, 6) is 0.740. The van der Waals surface area contributed by atoms with Crippen LogP contribution in [0.5, 0.6) is 0 Å². The maximum Gasteiger partial charge on any atom is 0.412 e. The molecule has 1 unspecified atom stereocenters. The summed E-state index contributed by atoms with van der Waals surface area (Å²) in [7, 11) is 0. The van der Waals surface area contributed by atoms with Gasteiger partial charge >= 0.3 is 6.09 Å². The van der Waals surface area contributed by atoms with E-state index in [1.54, 1.807) is 11.8 Å². The fourth-order valence-electron chi connectivity index (χ4n) is 5.46. The Morgan fingerprint density at radius 3 is 2.79 bits per heavy atom. The highest BCUT2D eigenvalue weighted by Crippen LogP contribution is 2.57. The van der Waals surface area contributed by atoms with Gasteiger partial charge in [-0.15, -0.1) is 0 Å². The number of rotatable bonds is 4. The van der Waals surface area contributed by atoms with Gasteiger partial charge in [0.25, 0.3) is 0 Å². The van der Waals surface area contributed by atoms with Gasteiger partial charge < -0.3 is 15.3 Å². The first kappa shape index (κ1) is 18.8. The molecule has 2 aromatic rings. The lowest BCUT2D eigenvalue weighted by atomic mass is 9.75. The Bertz CT molecular complexity index is 911. The molecule has 3 aliphatic heterocycles. The fourth-order valence-corrected chi connectivity index (χ4v) is 6.15. The number of hydrogen-bond acceptors (Lipinski definition) is 6. The number of anilines is 1. The van der Waals surface area contributed by atoms with E-state index >= 15 is 0 Å². The molecule has 0 aliphatic carbocycles.